The first-order valence-electron chi connectivity index (χ1n) is 20.8. The molecular formula is C58H37NO2S. The summed E-state index contributed by atoms with van der Waals surface area (Å²) in [6.07, 6.45) is 8.18. The minimum absolute atomic E-state index is 0.854. The number of furan rings is 2. The van der Waals surface area contributed by atoms with Gasteiger partial charge in [-0.3, -0.25) is 0 Å². The Kier molecular flexibility index (Phi) is 8.51. The Balaban J connectivity index is 1.01. The van der Waals surface area contributed by atoms with Crippen molar-refractivity contribution < 1.29 is 8.83 Å². The number of fused-ring (bicyclic) bond motifs is 11. The van der Waals surface area contributed by atoms with Crippen LogP contribution in [0.2, 0.25) is 0 Å². The van der Waals surface area contributed by atoms with Crippen LogP contribution in [0.3, 0.4) is 0 Å². The zero-order valence-electron chi connectivity index (χ0n) is 33.6. The molecule has 0 fully saturated rings. The van der Waals surface area contributed by atoms with Crippen molar-refractivity contribution in [2.24, 2.45) is 0 Å². The first-order chi connectivity index (χ1) is 30.7. The molecule has 0 aliphatic rings. The predicted molar refractivity (Wildman–Crippen MR) is 265 cm³/mol. The summed E-state index contributed by atoms with van der Waals surface area (Å²) >= 11 is 1.86. The summed E-state index contributed by atoms with van der Waals surface area (Å²) in [5.74, 6) is 0. The molecule has 0 saturated carbocycles. The van der Waals surface area contributed by atoms with Crippen molar-refractivity contribution in [3.05, 3.63) is 224 Å². The number of allylic oxidation sites excluding steroid dienone is 3. The maximum atomic E-state index is 6.82. The summed E-state index contributed by atoms with van der Waals surface area (Å²) < 4.78 is 15.6. The van der Waals surface area contributed by atoms with E-state index in [1.807, 2.05) is 35.6 Å². The highest BCUT2D eigenvalue weighted by Gasteiger charge is 2.19. The van der Waals surface area contributed by atoms with E-state index in [-0.39, 0.29) is 0 Å². The minimum Gasteiger partial charge on any atom is -0.456 e. The van der Waals surface area contributed by atoms with Crippen molar-refractivity contribution in [1.29, 1.82) is 0 Å². The lowest BCUT2D eigenvalue weighted by molar-refractivity contribution is 0.669. The van der Waals surface area contributed by atoms with Gasteiger partial charge in [-0.25, -0.2) is 0 Å². The number of benzene rings is 9. The molecule has 0 unspecified atom stereocenters. The highest BCUT2D eigenvalue weighted by Crippen LogP contribution is 2.42. The van der Waals surface area contributed by atoms with Crippen LogP contribution in [0.15, 0.2) is 227 Å². The molecule has 0 aliphatic carbocycles. The third-order valence-corrected chi connectivity index (χ3v) is 13.3. The topological polar surface area (TPSA) is 29.5 Å². The third-order valence-electron chi connectivity index (χ3n) is 12.1. The highest BCUT2D eigenvalue weighted by molar-refractivity contribution is 7.26. The summed E-state index contributed by atoms with van der Waals surface area (Å²) in [7, 11) is 0. The molecule has 4 heteroatoms. The molecule has 0 radical (unpaired) electrons. The van der Waals surface area contributed by atoms with E-state index in [0.29, 0.717) is 0 Å². The third kappa shape index (κ3) is 5.95. The molecule has 12 aromatic rings. The van der Waals surface area contributed by atoms with E-state index in [2.05, 4.69) is 200 Å². The van der Waals surface area contributed by atoms with Crippen molar-refractivity contribution in [3.63, 3.8) is 0 Å². The van der Waals surface area contributed by atoms with Gasteiger partial charge in [0.25, 0.3) is 0 Å². The fourth-order valence-electron chi connectivity index (χ4n) is 9.10. The second-order valence-electron chi connectivity index (χ2n) is 15.7. The van der Waals surface area contributed by atoms with Crippen LogP contribution >= 0.6 is 11.3 Å². The van der Waals surface area contributed by atoms with Crippen molar-refractivity contribution in [2.75, 3.05) is 4.90 Å². The Morgan fingerprint density at radius 3 is 1.98 bits per heavy atom. The molecule has 9 aromatic carbocycles. The van der Waals surface area contributed by atoms with Crippen LogP contribution in [-0.4, -0.2) is 0 Å². The van der Waals surface area contributed by atoms with Crippen molar-refractivity contribution in [3.8, 4) is 22.3 Å². The minimum atomic E-state index is 0.854. The van der Waals surface area contributed by atoms with Gasteiger partial charge < -0.3 is 13.7 Å². The molecule has 3 nitrogen and oxygen atoms in total. The number of nitrogens with zero attached hydrogens (tertiary/aromatic N) is 1. The van der Waals surface area contributed by atoms with Gasteiger partial charge in [-0.05, 0) is 94.4 Å². The van der Waals surface area contributed by atoms with E-state index in [9.17, 15) is 0 Å². The van der Waals surface area contributed by atoms with Crippen LogP contribution in [0.1, 0.15) is 5.56 Å². The Morgan fingerprint density at radius 1 is 0.484 bits per heavy atom. The number of thiophene rings is 1. The molecule has 0 bridgehead atoms. The Morgan fingerprint density at radius 2 is 1.15 bits per heavy atom. The van der Waals surface area contributed by atoms with E-state index in [1.54, 1.807) is 0 Å². The van der Waals surface area contributed by atoms with Gasteiger partial charge in [-0.2, -0.15) is 0 Å². The average molecular weight is 812 g/mol. The van der Waals surface area contributed by atoms with Gasteiger partial charge in [0.1, 0.15) is 22.3 Å². The molecular weight excluding hydrogens is 775 g/mol. The zero-order chi connectivity index (χ0) is 41.1. The fourth-order valence-corrected chi connectivity index (χ4v) is 10.3. The van der Waals surface area contributed by atoms with Gasteiger partial charge in [0.2, 0.25) is 0 Å². The summed E-state index contributed by atoms with van der Waals surface area (Å²) in [6, 6.07) is 67.0. The van der Waals surface area contributed by atoms with Gasteiger partial charge in [0.15, 0.2) is 0 Å². The number of rotatable bonds is 8. The highest BCUT2D eigenvalue weighted by atomic mass is 32.1. The Hall–Kier alpha value is -7.92. The first kappa shape index (κ1) is 36.0. The molecule has 0 aliphatic heterocycles. The van der Waals surface area contributed by atoms with E-state index in [4.69, 9.17) is 8.83 Å². The van der Waals surface area contributed by atoms with Gasteiger partial charge in [-0.1, -0.05) is 152 Å². The molecule has 0 amide bonds. The van der Waals surface area contributed by atoms with Crippen LogP contribution in [0.5, 0.6) is 0 Å². The number of anilines is 2. The summed E-state index contributed by atoms with van der Waals surface area (Å²) in [5, 5.41) is 9.29. The second kappa shape index (κ2) is 14.7. The van der Waals surface area contributed by atoms with Crippen LogP contribution in [0.4, 0.5) is 11.4 Å². The van der Waals surface area contributed by atoms with Crippen LogP contribution in [0, 0.1) is 0 Å². The van der Waals surface area contributed by atoms with Crippen LogP contribution in [-0.2, 0) is 0 Å². The molecule has 0 saturated heterocycles. The van der Waals surface area contributed by atoms with Crippen molar-refractivity contribution in [1.82, 2.24) is 0 Å². The van der Waals surface area contributed by atoms with E-state index >= 15 is 0 Å². The summed E-state index contributed by atoms with van der Waals surface area (Å²) in [6.45, 7) is 4.06. The standard InChI is InChI=1S/C58H37NO2S/c1-2-3-14-44(35-41-13-10-19-49-50-33-27-38-12-4-5-15-45(38)57(50)61-56(41)49)59(42-29-23-37(24-30-42)40-28-34-54-52(36-40)47-16-6-8-21-53(47)60-54)43-31-25-39(26-32-43)46-18-11-20-51-48-17-7-9-22-55(48)62-58(46)51/h2-36H,1H2/b14-3-,44-35-. The number of para-hydroxylation sites is 2. The normalized spacial score (nSPS) is 12.3. The van der Waals surface area contributed by atoms with Crippen molar-refractivity contribution >= 4 is 104 Å². The SMILES string of the molecule is C=C/C=C\C(=C\c1cccc2c1oc1c3ccccc3ccc21)N(c1ccc(-c2ccc3oc4ccccc4c3c2)cc1)c1ccc(-c2cccc3c2sc2ccccc23)cc1. The number of hydrogen-bond donors (Lipinski definition) is 0. The maximum absolute atomic E-state index is 6.82. The van der Waals surface area contributed by atoms with E-state index in [1.165, 1.54) is 31.3 Å². The van der Waals surface area contributed by atoms with Gasteiger partial charge in [-0.15, -0.1) is 11.3 Å². The largest absolute Gasteiger partial charge is 0.456 e. The van der Waals surface area contributed by atoms with Gasteiger partial charge in [0.05, 0.1) is 0 Å². The molecule has 62 heavy (non-hydrogen) atoms. The van der Waals surface area contributed by atoms with Gasteiger partial charge in [0, 0.05) is 69.7 Å². The number of hydrogen-bond acceptors (Lipinski definition) is 4. The fraction of sp³-hybridized carbons (Fsp3) is 0. The lowest BCUT2D eigenvalue weighted by atomic mass is 10.0. The quantitative estimate of drug-likeness (QED) is 0.143. The van der Waals surface area contributed by atoms with Crippen LogP contribution < -0.4 is 4.90 Å². The molecule has 0 N–H and O–H groups in total. The Labute approximate surface area is 362 Å². The lowest BCUT2D eigenvalue weighted by Gasteiger charge is -2.27. The smallest absolute Gasteiger partial charge is 0.143 e. The maximum Gasteiger partial charge on any atom is 0.143 e. The zero-order valence-corrected chi connectivity index (χ0v) is 34.4. The molecule has 3 heterocycles. The molecule has 0 spiro atoms. The van der Waals surface area contributed by atoms with Gasteiger partial charge >= 0.3 is 0 Å². The first-order valence-corrected chi connectivity index (χ1v) is 21.7. The summed E-state index contributed by atoms with van der Waals surface area (Å²) in [4.78, 5) is 2.32. The lowest BCUT2D eigenvalue weighted by Crippen LogP contribution is -2.15. The molecule has 292 valence electrons. The monoisotopic (exact) mass is 811 g/mol. The Bertz CT molecular complexity index is 3770. The van der Waals surface area contributed by atoms with E-state index < -0.39 is 0 Å². The average Bonchev–Trinajstić information content (AvgIpc) is 4.03. The summed E-state index contributed by atoms with van der Waals surface area (Å²) in [5.41, 5.74) is 12.2. The second-order valence-corrected chi connectivity index (χ2v) is 16.7. The van der Waals surface area contributed by atoms with E-state index in [0.717, 1.165) is 88.4 Å². The molecule has 3 aromatic heterocycles. The predicted octanol–water partition coefficient (Wildman–Crippen LogP) is 17.3. The molecule has 12 rings (SSSR count). The van der Waals surface area contributed by atoms with Crippen molar-refractivity contribution in [2.45, 2.75) is 0 Å². The van der Waals surface area contributed by atoms with Crippen LogP contribution in [0.25, 0.3) is 103 Å². The molecule has 0 atom stereocenters.